The Hall–Kier alpha value is -1.82. The van der Waals surface area contributed by atoms with Gasteiger partial charge in [0.2, 0.25) is 0 Å². The number of nitriles is 1. The number of aromatic nitrogens is 2. The third kappa shape index (κ3) is 0.785. The van der Waals surface area contributed by atoms with Gasteiger partial charge in [-0.2, -0.15) is 5.26 Å². The van der Waals surface area contributed by atoms with E-state index < -0.39 is 0 Å². The lowest BCUT2D eigenvalue weighted by atomic mass is 10.1. The third-order valence-electron chi connectivity index (χ3n) is 1.90. The van der Waals surface area contributed by atoms with E-state index in [2.05, 4.69) is 16.0 Å². The van der Waals surface area contributed by atoms with Crippen LogP contribution in [0.3, 0.4) is 0 Å². The van der Waals surface area contributed by atoms with Gasteiger partial charge >= 0.3 is 0 Å². The van der Waals surface area contributed by atoms with Crippen LogP contribution in [0.5, 0.6) is 0 Å². The third-order valence-corrected chi connectivity index (χ3v) is 1.90. The maximum atomic E-state index is 8.77. The van der Waals surface area contributed by atoms with Gasteiger partial charge in [-0.3, -0.25) is 4.98 Å². The molecule has 2 heterocycles. The van der Waals surface area contributed by atoms with Crippen molar-refractivity contribution in [2.24, 2.45) is 0 Å². The van der Waals surface area contributed by atoms with Gasteiger partial charge in [0.1, 0.15) is 6.07 Å². The molecule has 0 unspecified atom stereocenters. The molecule has 0 aliphatic carbocycles. The fourth-order valence-electron chi connectivity index (χ4n) is 1.34. The van der Waals surface area contributed by atoms with Crippen LogP contribution >= 0.6 is 0 Å². The van der Waals surface area contributed by atoms with E-state index >= 15 is 0 Å². The van der Waals surface area contributed by atoms with Gasteiger partial charge in [0, 0.05) is 17.8 Å². The quantitative estimate of drug-likeness (QED) is 0.633. The molecule has 2 aromatic heterocycles. The van der Waals surface area contributed by atoms with Crippen molar-refractivity contribution >= 4 is 10.9 Å². The van der Waals surface area contributed by atoms with Crippen LogP contribution in [0.4, 0.5) is 0 Å². The fraction of sp³-hybridized carbons (Fsp3) is 0.111. The van der Waals surface area contributed by atoms with E-state index in [1.807, 2.05) is 13.1 Å². The summed E-state index contributed by atoms with van der Waals surface area (Å²) in [6, 6.07) is 2.11. The maximum Gasteiger partial charge on any atom is 0.101 e. The second kappa shape index (κ2) is 2.35. The molecule has 1 N–H and O–H groups in total. The van der Waals surface area contributed by atoms with Crippen LogP contribution in [0.2, 0.25) is 0 Å². The molecule has 0 saturated heterocycles. The molecule has 0 atom stereocenters. The molecule has 0 fully saturated rings. The zero-order valence-corrected chi connectivity index (χ0v) is 6.63. The van der Waals surface area contributed by atoms with Crippen LogP contribution in [0, 0.1) is 18.3 Å². The highest BCUT2D eigenvalue weighted by atomic mass is 14.7. The van der Waals surface area contributed by atoms with E-state index in [0.717, 1.165) is 16.5 Å². The van der Waals surface area contributed by atoms with Crippen molar-refractivity contribution in [3.63, 3.8) is 0 Å². The minimum atomic E-state index is 0.631. The van der Waals surface area contributed by atoms with Crippen molar-refractivity contribution < 1.29 is 0 Å². The Bertz CT molecular complexity index is 462. The van der Waals surface area contributed by atoms with Gasteiger partial charge in [-0.25, -0.2) is 0 Å². The topological polar surface area (TPSA) is 52.5 Å². The predicted molar refractivity (Wildman–Crippen MR) is 45.5 cm³/mol. The number of aromatic amines is 1. The van der Waals surface area contributed by atoms with Crippen LogP contribution < -0.4 is 0 Å². The number of H-pyrrole nitrogens is 1. The number of hydrogen-bond acceptors (Lipinski definition) is 2. The average molecular weight is 157 g/mol. The van der Waals surface area contributed by atoms with Gasteiger partial charge in [-0.15, -0.1) is 0 Å². The standard InChI is InChI=1S/C9H7N3/c1-6-3-12-8-5-11-4-7(2-10)9(6)8/h3-5,12H,1H3. The van der Waals surface area contributed by atoms with Crippen LogP contribution in [0.1, 0.15) is 11.1 Å². The summed E-state index contributed by atoms with van der Waals surface area (Å²) in [5, 5.41) is 9.75. The summed E-state index contributed by atoms with van der Waals surface area (Å²) in [5.41, 5.74) is 2.64. The number of pyridine rings is 1. The monoisotopic (exact) mass is 157 g/mol. The van der Waals surface area contributed by atoms with Crippen molar-refractivity contribution in [2.45, 2.75) is 6.92 Å². The molecule has 0 aliphatic heterocycles. The first-order valence-electron chi connectivity index (χ1n) is 3.64. The lowest BCUT2D eigenvalue weighted by Crippen LogP contribution is -1.80. The Morgan fingerprint density at radius 3 is 3.08 bits per heavy atom. The molecule has 2 rings (SSSR count). The smallest absolute Gasteiger partial charge is 0.101 e. The van der Waals surface area contributed by atoms with Gasteiger partial charge < -0.3 is 4.98 Å². The molecule has 12 heavy (non-hydrogen) atoms. The summed E-state index contributed by atoms with van der Waals surface area (Å²) in [6.45, 7) is 1.97. The summed E-state index contributed by atoms with van der Waals surface area (Å²) in [5.74, 6) is 0. The van der Waals surface area contributed by atoms with E-state index in [4.69, 9.17) is 5.26 Å². The van der Waals surface area contributed by atoms with Crippen LogP contribution in [0.25, 0.3) is 10.9 Å². The van der Waals surface area contributed by atoms with E-state index in [1.54, 1.807) is 12.4 Å². The SMILES string of the molecule is Cc1c[nH]c2cncc(C#N)c12. The van der Waals surface area contributed by atoms with Gasteiger partial charge in [0.15, 0.2) is 0 Å². The van der Waals surface area contributed by atoms with Crippen molar-refractivity contribution in [1.29, 1.82) is 5.26 Å². The zero-order chi connectivity index (χ0) is 8.55. The second-order valence-electron chi connectivity index (χ2n) is 2.69. The zero-order valence-electron chi connectivity index (χ0n) is 6.63. The molecule has 0 aromatic carbocycles. The van der Waals surface area contributed by atoms with Crippen molar-refractivity contribution in [3.8, 4) is 6.07 Å². The van der Waals surface area contributed by atoms with Gasteiger partial charge in [-0.1, -0.05) is 0 Å². The minimum Gasteiger partial charge on any atom is -0.360 e. The van der Waals surface area contributed by atoms with E-state index in [-0.39, 0.29) is 0 Å². The van der Waals surface area contributed by atoms with Crippen molar-refractivity contribution in [3.05, 3.63) is 29.7 Å². The number of nitrogens with one attached hydrogen (secondary N) is 1. The van der Waals surface area contributed by atoms with E-state index in [9.17, 15) is 0 Å². The predicted octanol–water partition coefficient (Wildman–Crippen LogP) is 1.74. The molecule has 0 aliphatic rings. The summed E-state index contributed by atoms with van der Waals surface area (Å²) in [4.78, 5) is 6.99. The van der Waals surface area contributed by atoms with Crippen LogP contribution in [0.15, 0.2) is 18.6 Å². The average Bonchev–Trinajstić information content (AvgIpc) is 2.48. The summed E-state index contributed by atoms with van der Waals surface area (Å²) >= 11 is 0. The van der Waals surface area contributed by atoms with E-state index in [1.165, 1.54) is 0 Å². The molecule has 0 amide bonds. The molecule has 0 saturated carbocycles. The largest absolute Gasteiger partial charge is 0.360 e. The molecular formula is C9H7N3. The second-order valence-corrected chi connectivity index (χ2v) is 2.69. The van der Waals surface area contributed by atoms with Crippen LogP contribution in [-0.2, 0) is 0 Å². The molecule has 2 aromatic rings. The Morgan fingerprint density at radius 2 is 2.33 bits per heavy atom. The number of hydrogen-bond donors (Lipinski definition) is 1. The Balaban J connectivity index is 2.96. The Morgan fingerprint density at radius 1 is 1.50 bits per heavy atom. The Labute approximate surface area is 69.7 Å². The molecule has 3 nitrogen and oxygen atoms in total. The number of aryl methyl sites for hydroxylation is 1. The molecule has 0 spiro atoms. The first-order chi connectivity index (χ1) is 5.83. The fourth-order valence-corrected chi connectivity index (χ4v) is 1.34. The van der Waals surface area contributed by atoms with Gasteiger partial charge in [-0.05, 0) is 12.5 Å². The highest BCUT2D eigenvalue weighted by molar-refractivity contribution is 5.87. The first-order valence-corrected chi connectivity index (χ1v) is 3.64. The molecule has 58 valence electrons. The Kier molecular flexibility index (Phi) is 1.34. The van der Waals surface area contributed by atoms with Gasteiger partial charge in [0.05, 0.1) is 17.3 Å². The molecule has 0 radical (unpaired) electrons. The minimum absolute atomic E-state index is 0.631. The van der Waals surface area contributed by atoms with Gasteiger partial charge in [0.25, 0.3) is 0 Å². The molecule has 0 bridgehead atoms. The van der Waals surface area contributed by atoms with Crippen molar-refractivity contribution in [1.82, 2.24) is 9.97 Å². The lowest BCUT2D eigenvalue weighted by molar-refractivity contribution is 1.32. The molecular weight excluding hydrogens is 150 g/mol. The van der Waals surface area contributed by atoms with Crippen LogP contribution in [-0.4, -0.2) is 9.97 Å². The first kappa shape index (κ1) is 6.86. The normalized spacial score (nSPS) is 10.0. The lowest BCUT2D eigenvalue weighted by Gasteiger charge is -1.92. The van der Waals surface area contributed by atoms with Crippen molar-refractivity contribution in [2.75, 3.05) is 0 Å². The number of fused-ring (bicyclic) bond motifs is 1. The number of rotatable bonds is 0. The summed E-state index contributed by atoms with van der Waals surface area (Å²) in [6.07, 6.45) is 5.19. The molecule has 3 heteroatoms. The highest BCUT2D eigenvalue weighted by Crippen LogP contribution is 2.19. The number of nitrogens with zero attached hydrogens (tertiary/aromatic N) is 2. The summed E-state index contributed by atoms with van der Waals surface area (Å²) < 4.78 is 0. The highest BCUT2D eigenvalue weighted by Gasteiger charge is 2.04. The van der Waals surface area contributed by atoms with E-state index in [0.29, 0.717) is 5.56 Å². The maximum absolute atomic E-state index is 8.77. The summed E-state index contributed by atoms with van der Waals surface area (Å²) in [7, 11) is 0.